The number of rotatable bonds is 5. The molecule has 0 radical (unpaired) electrons. The smallest absolute Gasteiger partial charge is 0.268 e. The molecule has 0 saturated carbocycles. The van der Waals surface area contributed by atoms with Crippen molar-refractivity contribution >= 4 is 17.6 Å². The Hall–Kier alpha value is -2.93. The summed E-state index contributed by atoms with van der Waals surface area (Å²) in [7, 11) is 0. The number of hydrogen-bond acceptors (Lipinski definition) is 4. The van der Waals surface area contributed by atoms with Crippen LogP contribution >= 0.6 is 0 Å². The highest BCUT2D eigenvalue weighted by molar-refractivity contribution is 6.02. The standard InChI is InChI=1S/C21H25N3O4/c1-13-18(15(3)25)14(2)23-19(13)20(26)22-12-16-4-6-17(7-5-16)21(27)24-8-10-28-11-9-24/h4-7,23H,8-12H2,1-3H3,(H,22,26). The zero-order valence-corrected chi connectivity index (χ0v) is 16.4. The number of nitrogens with one attached hydrogen (secondary N) is 2. The minimum atomic E-state index is -0.262. The number of carbonyl (C=O) groups excluding carboxylic acids is 3. The van der Waals surface area contributed by atoms with Gasteiger partial charge in [-0.25, -0.2) is 0 Å². The van der Waals surface area contributed by atoms with Crippen molar-refractivity contribution in [1.29, 1.82) is 0 Å². The van der Waals surface area contributed by atoms with E-state index in [9.17, 15) is 14.4 Å². The van der Waals surface area contributed by atoms with Crippen molar-refractivity contribution in [3.63, 3.8) is 0 Å². The van der Waals surface area contributed by atoms with Crippen molar-refractivity contribution in [3.05, 3.63) is 57.9 Å². The summed E-state index contributed by atoms with van der Waals surface area (Å²) in [5, 5.41) is 2.85. The average molecular weight is 383 g/mol. The van der Waals surface area contributed by atoms with Crippen molar-refractivity contribution in [2.75, 3.05) is 26.3 Å². The van der Waals surface area contributed by atoms with E-state index in [-0.39, 0.29) is 17.6 Å². The van der Waals surface area contributed by atoms with Crippen molar-refractivity contribution < 1.29 is 19.1 Å². The minimum Gasteiger partial charge on any atom is -0.378 e. The van der Waals surface area contributed by atoms with Crippen molar-refractivity contribution in [2.24, 2.45) is 0 Å². The molecule has 1 aromatic carbocycles. The van der Waals surface area contributed by atoms with Gasteiger partial charge in [0.05, 0.1) is 13.2 Å². The predicted molar refractivity (Wildman–Crippen MR) is 105 cm³/mol. The van der Waals surface area contributed by atoms with Gasteiger partial charge in [-0.3, -0.25) is 14.4 Å². The maximum Gasteiger partial charge on any atom is 0.268 e. The number of nitrogens with zero attached hydrogens (tertiary/aromatic N) is 1. The van der Waals surface area contributed by atoms with E-state index in [0.717, 1.165) is 5.56 Å². The topological polar surface area (TPSA) is 91.5 Å². The van der Waals surface area contributed by atoms with Crippen LogP contribution in [0.1, 0.15) is 54.9 Å². The molecule has 2 heterocycles. The number of ether oxygens (including phenoxy) is 1. The van der Waals surface area contributed by atoms with E-state index >= 15 is 0 Å². The second-order valence-electron chi connectivity index (χ2n) is 6.97. The molecule has 2 N–H and O–H groups in total. The van der Waals surface area contributed by atoms with Crippen LogP contribution in [0.2, 0.25) is 0 Å². The number of benzene rings is 1. The van der Waals surface area contributed by atoms with E-state index in [2.05, 4.69) is 10.3 Å². The van der Waals surface area contributed by atoms with Gasteiger partial charge in [0, 0.05) is 36.5 Å². The van der Waals surface area contributed by atoms with Gasteiger partial charge in [-0.15, -0.1) is 0 Å². The molecule has 0 spiro atoms. The molecule has 148 valence electrons. The Kier molecular flexibility index (Phi) is 5.94. The molecule has 1 saturated heterocycles. The Morgan fingerprint density at radius 1 is 1.11 bits per heavy atom. The summed E-state index contributed by atoms with van der Waals surface area (Å²) in [5.74, 6) is -0.333. The van der Waals surface area contributed by atoms with Gasteiger partial charge in [-0.2, -0.15) is 0 Å². The molecular formula is C21H25N3O4. The van der Waals surface area contributed by atoms with E-state index in [1.807, 2.05) is 12.1 Å². The number of carbonyl (C=O) groups is 3. The molecule has 0 bridgehead atoms. The highest BCUT2D eigenvalue weighted by atomic mass is 16.5. The maximum atomic E-state index is 12.5. The van der Waals surface area contributed by atoms with Crippen LogP contribution in [0.25, 0.3) is 0 Å². The Labute approximate surface area is 164 Å². The number of aromatic nitrogens is 1. The molecular weight excluding hydrogens is 358 g/mol. The highest BCUT2D eigenvalue weighted by Crippen LogP contribution is 2.18. The second kappa shape index (κ2) is 8.39. The molecule has 2 aromatic rings. The first-order valence-corrected chi connectivity index (χ1v) is 9.32. The number of hydrogen-bond donors (Lipinski definition) is 2. The summed E-state index contributed by atoms with van der Waals surface area (Å²) in [5.41, 5.74) is 3.84. The molecule has 7 nitrogen and oxygen atoms in total. The Morgan fingerprint density at radius 2 is 1.75 bits per heavy atom. The number of ketones is 1. The van der Waals surface area contributed by atoms with E-state index in [1.54, 1.807) is 30.9 Å². The molecule has 7 heteroatoms. The van der Waals surface area contributed by atoms with Crippen LogP contribution in [-0.4, -0.2) is 53.8 Å². The first kappa shape index (κ1) is 19.8. The van der Waals surface area contributed by atoms with Gasteiger partial charge in [0.25, 0.3) is 11.8 Å². The van der Waals surface area contributed by atoms with Gasteiger partial charge in [-0.05, 0) is 44.0 Å². The van der Waals surface area contributed by atoms with Crippen LogP contribution in [0.5, 0.6) is 0 Å². The zero-order chi connectivity index (χ0) is 20.3. The van der Waals surface area contributed by atoms with Crippen LogP contribution in [0.4, 0.5) is 0 Å². The molecule has 1 aliphatic rings. The van der Waals surface area contributed by atoms with Crippen LogP contribution < -0.4 is 5.32 Å². The van der Waals surface area contributed by atoms with Crippen molar-refractivity contribution in [2.45, 2.75) is 27.3 Å². The number of aromatic amines is 1. The highest BCUT2D eigenvalue weighted by Gasteiger charge is 2.20. The third-order valence-electron chi connectivity index (χ3n) is 4.97. The molecule has 0 unspecified atom stereocenters. The van der Waals surface area contributed by atoms with Crippen LogP contribution in [0.15, 0.2) is 24.3 Å². The average Bonchev–Trinajstić information content (AvgIpc) is 3.01. The third kappa shape index (κ3) is 4.14. The van der Waals surface area contributed by atoms with E-state index in [0.29, 0.717) is 60.9 Å². The lowest BCUT2D eigenvalue weighted by Crippen LogP contribution is -2.40. The monoisotopic (exact) mass is 383 g/mol. The van der Waals surface area contributed by atoms with E-state index < -0.39 is 0 Å². The van der Waals surface area contributed by atoms with Gasteiger partial charge in [-0.1, -0.05) is 12.1 Å². The maximum absolute atomic E-state index is 12.5. The molecule has 28 heavy (non-hydrogen) atoms. The minimum absolute atomic E-state index is 0.00636. The number of amides is 2. The van der Waals surface area contributed by atoms with E-state index in [4.69, 9.17) is 4.74 Å². The fourth-order valence-electron chi connectivity index (χ4n) is 3.49. The normalized spacial score (nSPS) is 14.0. The lowest BCUT2D eigenvalue weighted by molar-refractivity contribution is 0.0303. The Bertz CT molecular complexity index is 893. The van der Waals surface area contributed by atoms with Gasteiger partial charge < -0.3 is 19.9 Å². The molecule has 0 atom stereocenters. The number of morpholine rings is 1. The molecule has 1 aliphatic heterocycles. The van der Waals surface area contributed by atoms with E-state index in [1.165, 1.54) is 6.92 Å². The summed E-state index contributed by atoms with van der Waals surface area (Å²) in [4.78, 5) is 41.4. The number of Topliss-reactive ketones (excluding diaryl/α,β-unsaturated/α-hetero) is 1. The molecule has 3 rings (SSSR count). The summed E-state index contributed by atoms with van der Waals surface area (Å²) >= 11 is 0. The van der Waals surface area contributed by atoms with Crippen molar-refractivity contribution in [1.82, 2.24) is 15.2 Å². The fourth-order valence-corrected chi connectivity index (χ4v) is 3.49. The summed E-state index contributed by atoms with van der Waals surface area (Å²) in [6.45, 7) is 7.72. The van der Waals surface area contributed by atoms with Crippen LogP contribution in [0, 0.1) is 13.8 Å². The lowest BCUT2D eigenvalue weighted by Gasteiger charge is -2.26. The summed E-state index contributed by atoms with van der Waals surface area (Å²) in [6.07, 6.45) is 0. The first-order chi connectivity index (χ1) is 13.4. The molecule has 2 amide bonds. The third-order valence-corrected chi connectivity index (χ3v) is 4.97. The Balaban J connectivity index is 1.62. The largest absolute Gasteiger partial charge is 0.378 e. The number of aryl methyl sites for hydroxylation is 1. The summed E-state index contributed by atoms with van der Waals surface area (Å²) in [6, 6.07) is 7.22. The zero-order valence-electron chi connectivity index (χ0n) is 16.4. The van der Waals surface area contributed by atoms with Crippen LogP contribution in [-0.2, 0) is 11.3 Å². The SMILES string of the molecule is CC(=O)c1c(C)[nH]c(C(=O)NCc2ccc(C(=O)N3CCOCC3)cc2)c1C. The second-order valence-corrected chi connectivity index (χ2v) is 6.97. The van der Waals surface area contributed by atoms with Gasteiger partial charge in [0.2, 0.25) is 0 Å². The van der Waals surface area contributed by atoms with Gasteiger partial charge in [0.15, 0.2) is 5.78 Å². The number of H-pyrrole nitrogens is 1. The lowest BCUT2D eigenvalue weighted by atomic mass is 10.1. The fraction of sp³-hybridized carbons (Fsp3) is 0.381. The first-order valence-electron chi connectivity index (χ1n) is 9.32. The Morgan fingerprint density at radius 3 is 2.32 bits per heavy atom. The molecule has 0 aliphatic carbocycles. The van der Waals surface area contributed by atoms with Crippen LogP contribution in [0.3, 0.4) is 0 Å². The molecule has 1 fully saturated rings. The van der Waals surface area contributed by atoms with Crippen molar-refractivity contribution in [3.8, 4) is 0 Å². The molecule has 1 aromatic heterocycles. The summed E-state index contributed by atoms with van der Waals surface area (Å²) < 4.78 is 5.27. The predicted octanol–water partition coefficient (Wildman–Crippen LogP) is 2.24. The quantitative estimate of drug-likeness (QED) is 0.775. The van der Waals surface area contributed by atoms with Gasteiger partial charge in [0.1, 0.15) is 5.69 Å². The van der Waals surface area contributed by atoms with Gasteiger partial charge >= 0.3 is 0 Å².